The Kier molecular flexibility index (Phi) is 4.66. The van der Waals surface area contributed by atoms with Gasteiger partial charge in [0.15, 0.2) is 0 Å². The van der Waals surface area contributed by atoms with Gasteiger partial charge in [0.1, 0.15) is 11.8 Å². The van der Waals surface area contributed by atoms with Gasteiger partial charge in [-0.15, -0.1) is 0 Å². The summed E-state index contributed by atoms with van der Waals surface area (Å²) in [7, 11) is 0. The lowest BCUT2D eigenvalue weighted by molar-refractivity contribution is 0.0226. The molecule has 0 spiro atoms. The number of rotatable bonds is 3. The zero-order chi connectivity index (χ0) is 19.8. The van der Waals surface area contributed by atoms with E-state index >= 15 is 0 Å². The number of carbonyl (C=O) groups is 1. The topological polar surface area (TPSA) is 41.6 Å². The van der Waals surface area contributed by atoms with Crippen molar-refractivity contribution in [1.82, 2.24) is 4.90 Å². The molecule has 28 heavy (non-hydrogen) atoms. The molecule has 1 saturated heterocycles. The molecule has 2 heterocycles. The highest BCUT2D eigenvalue weighted by atomic mass is 16.6. The molecule has 2 atom stereocenters. The van der Waals surface area contributed by atoms with Crippen molar-refractivity contribution in [2.75, 3.05) is 11.9 Å². The maximum atomic E-state index is 12.8. The van der Waals surface area contributed by atoms with Gasteiger partial charge < -0.3 is 10.1 Å². The molecule has 0 radical (unpaired) electrons. The summed E-state index contributed by atoms with van der Waals surface area (Å²) in [6.07, 6.45) is 5.87. The van der Waals surface area contributed by atoms with Crippen LogP contribution in [0.1, 0.15) is 44.7 Å². The summed E-state index contributed by atoms with van der Waals surface area (Å²) in [5.74, 6) is 0. The highest BCUT2D eigenvalue weighted by Crippen LogP contribution is 2.51. The first-order valence-electron chi connectivity index (χ1n) is 9.96. The minimum Gasteiger partial charge on any atom is -0.444 e. The molecule has 4 nitrogen and oxygen atoms in total. The summed E-state index contributed by atoms with van der Waals surface area (Å²) in [4.78, 5) is 14.7. The van der Waals surface area contributed by atoms with Crippen LogP contribution in [0.4, 0.5) is 10.5 Å². The molecule has 1 fully saturated rings. The zero-order valence-corrected chi connectivity index (χ0v) is 16.8. The van der Waals surface area contributed by atoms with Crippen LogP contribution in [0.25, 0.3) is 6.08 Å². The molecule has 146 valence electrons. The fraction of sp³-hybridized carbons (Fsp3) is 0.375. The van der Waals surface area contributed by atoms with Gasteiger partial charge in [0.05, 0.1) is 0 Å². The van der Waals surface area contributed by atoms with Crippen molar-refractivity contribution in [3.05, 3.63) is 71.8 Å². The van der Waals surface area contributed by atoms with Crippen molar-refractivity contribution in [2.24, 2.45) is 0 Å². The van der Waals surface area contributed by atoms with Crippen molar-refractivity contribution in [3.8, 4) is 0 Å². The second-order valence-electron chi connectivity index (χ2n) is 8.69. The van der Waals surface area contributed by atoms with Crippen LogP contribution in [-0.4, -0.2) is 29.3 Å². The molecule has 2 aliphatic heterocycles. The van der Waals surface area contributed by atoms with Crippen molar-refractivity contribution in [1.29, 1.82) is 0 Å². The first kappa shape index (κ1) is 18.6. The van der Waals surface area contributed by atoms with Gasteiger partial charge in [-0.2, -0.15) is 0 Å². The fourth-order valence-electron chi connectivity index (χ4n) is 4.38. The monoisotopic (exact) mass is 376 g/mol. The van der Waals surface area contributed by atoms with Crippen LogP contribution in [0.2, 0.25) is 0 Å². The van der Waals surface area contributed by atoms with E-state index in [0.717, 1.165) is 18.5 Å². The highest BCUT2D eigenvalue weighted by Gasteiger charge is 2.55. The van der Waals surface area contributed by atoms with E-state index in [1.165, 1.54) is 11.1 Å². The molecule has 0 aromatic heterocycles. The van der Waals surface area contributed by atoms with Crippen molar-refractivity contribution >= 4 is 17.9 Å². The smallest absolute Gasteiger partial charge is 0.411 e. The van der Waals surface area contributed by atoms with Crippen LogP contribution in [0.15, 0.2) is 60.7 Å². The summed E-state index contributed by atoms with van der Waals surface area (Å²) >= 11 is 0. The summed E-state index contributed by atoms with van der Waals surface area (Å²) in [6.45, 7) is 6.43. The highest BCUT2D eigenvalue weighted by molar-refractivity contribution is 5.73. The lowest BCUT2D eigenvalue weighted by Crippen LogP contribution is -2.47. The maximum Gasteiger partial charge on any atom is 0.411 e. The van der Waals surface area contributed by atoms with Crippen LogP contribution < -0.4 is 5.32 Å². The number of nitrogens with one attached hydrogen (secondary N) is 1. The number of carbonyl (C=O) groups excluding carboxylic acids is 1. The molecule has 1 amide bonds. The van der Waals surface area contributed by atoms with Gasteiger partial charge in [-0.25, -0.2) is 4.79 Å². The van der Waals surface area contributed by atoms with E-state index < -0.39 is 5.60 Å². The predicted octanol–water partition coefficient (Wildman–Crippen LogP) is 5.42. The normalized spacial score (nSPS) is 23.4. The molecule has 0 aliphatic carbocycles. The quantitative estimate of drug-likeness (QED) is 0.778. The molecule has 2 aromatic rings. The lowest BCUT2D eigenvalue weighted by atomic mass is 9.76. The number of likely N-dealkylation sites (tertiary alicyclic amines) is 1. The van der Waals surface area contributed by atoms with Crippen LogP contribution >= 0.6 is 0 Å². The minimum atomic E-state index is -0.499. The van der Waals surface area contributed by atoms with Gasteiger partial charge in [0.25, 0.3) is 0 Å². The molecule has 0 unspecified atom stereocenters. The fourth-order valence-corrected chi connectivity index (χ4v) is 4.38. The summed E-state index contributed by atoms with van der Waals surface area (Å²) in [5.41, 5.74) is 2.98. The van der Waals surface area contributed by atoms with E-state index in [0.29, 0.717) is 6.54 Å². The van der Waals surface area contributed by atoms with Crippen LogP contribution in [0, 0.1) is 0 Å². The average molecular weight is 377 g/mol. The number of hydrogen-bond acceptors (Lipinski definition) is 3. The van der Waals surface area contributed by atoms with E-state index in [9.17, 15) is 4.79 Å². The second-order valence-corrected chi connectivity index (χ2v) is 8.69. The van der Waals surface area contributed by atoms with Gasteiger partial charge in [0.2, 0.25) is 0 Å². The third-order valence-corrected chi connectivity index (χ3v) is 5.61. The number of anilines is 1. The minimum absolute atomic E-state index is 0.0832. The average Bonchev–Trinajstić information content (AvgIpc) is 3.15. The van der Waals surface area contributed by atoms with E-state index in [1.54, 1.807) is 0 Å². The van der Waals surface area contributed by atoms with Crippen LogP contribution in [0.5, 0.6) is 0 Å². The molecule has 0 bridgehead atoms. The standard InChI is InChI=1S/C24H28N2O2/c1-23(2,3)28-22(27)26-17-16-24(15-9-12-18-10-5-4-6-11-18)19-13-7-8-14-20(19)25-21(24)26/h4-14,21,25H,15-17H2,1-3H3/b12-9+/t21-,24-/m0/s1. The zero-order valence-electron chi connectivity index (χ0n) is 16.8. The summed E-state index contributed by atoms with van der Waals surface area (Å²) in [5, 5.41) is 3.59. The maximum absolute atomic E-state index is 12.8. The second kappa shape index (κ2) is 7.01. The number of fused-ring (bicyclic) bond motifs is 3. The van der Waals surface area contributed by atoms with Crippen LogP contribution in [-0.2, 0) is 10.2 Å². The lowest BCUT2D eigenvalue weighted by Gasteiger charge is -2.33. The number of benzene rings is 2. The Morgan fingerprint density at radius 1 is 1.18 bits per heavy atom. The Bertz CT molecular complexity index is 885. The van der Waals surface area contributed by atoms with Crippen molar-refractivity contribution < 1.29 is 9.53 Å². The Morgan fingerprint density at radius 3 is 2.64 bits per heavy atom. The SMILES string of the molecule is CC(C)(C)OC(=O)N1CC[C@@]2(C/C=C/c3ccccc3)c3ccccc3N[C@@H]12. The number of allylic oxidation sites excluding steroid dienone is 1. The molecule has 4 heteroatoms. The van der Waals surface area contributed by atoms with Gasteiger partial charge in [0, 0.05) is 17.6 Å². The van der Waals surface area contributed by atoms with Gasteiger partial charge >= 0.3 is 6.09 Å². The van der Waals surface area contributed by atoms with Gasteiger partial charge in [-0.3, -0.25) is 4.90 Å². The van der Waals surface area contributed by atoms with Gasteiger partial charge in [-0.1, -0.05) is 60.7 Å². The molecular formula is C24H28N2O2. The molecule has 4 rings (SSSR count). The van der Waals surface area contributed by atoms with E-state index in [4.69, 9.17) is 4.74 Å². The molecule has 2 aromatic carbocycles. The van der Waals surface area contributed by atoms with Gasteiger partial charge in [-0.05, 0) is 50.8 Å². The predicted molar refractivity (Wildman–Crippen MR) is 113 cm³/mol. The number of nitrogens with zero attached hydrogens (tertiary/aromatic N) is 1. The first-order chi connectivity index (χ1) is 13.4. The Morgan fingerprint density at radius 2 is 1.89 bits per heavy atom. The van der Waals surface area contributed by atoms with Crippen molar-refractivity contribution in [2.45, 2.75) is 50.8 Å². The van der Waals surface area contributed by atoms with E-state index in [-0.39, 0.29) is 17.7 Å². The Hall–Kier alpha value is -2.75. The number of amides is 1. The Balaban J connectivity index is 1.62. The summed E-state index contributed by atoms with van der Waals surface area (Å²) in [6, 6.07) is 18.8. The first-order valence-corrected chi connectivity index (χ1v) is 9.96. The molecular weight excluding hydrogens is 348 g/mol. The van der Waals surface area contributed by atoms with E-state index in [2.05, 4.69) is 47.8 Å². The van der Waals surface area contributed by atoms with Crippen LogP contribution in [0.3, 0.4) is 0 Å². The number of ether oxygens (including phenoxy) is 1. The molecule has 2 aliphatic rings. The largest absolute Gasteiger partial charge is 0.444 e. The Labute approximate surface area is 167 Å². The summed E-state index contributed by atoms with van der Waals surface area (Å²) < 4.78 is 5.68. The third-order valence-electron chi connectivity index (χ3n) is 5.61. The molecule has 1 N–H and O–H groups in total. The van der Waals surface area contributed by atoms with Crippen molar-refractivity contribution in [3.63, 3.8) is 0 Å². The number of para-hydroxylation sites is 1. The third kappa shape index (κ3) is 3.39. The van der Waals surface area contributed by atoms with E-state index in [1.807, 2.05) is 49.9 Å². The number of hydrogen-bond donors (Lipinski definition) is 1. The molecule has 0 saturated carbocycles.